The molecule has 1 amide bonds. The lowest BCUT2D eigenvalue weighted by molar-refractivity contribution is -0.116. The van der Waals surface area contributed by atoms with E-state index >= 15 is 0 Å². The second-order valence-corrected chi connectivity index (χ2v) is 5.67. The van der Waals surface area contributed by atoms with Crippen molar-refractivity contribution in [3.05, 3.63) is 52.6 Å². The summed E-state index contributed by atoms with van der Waals surface area (Å²) in [5.74, 6) is 0.179. The molecule has 2 heterocycles. The topological polar surface area (TPSA) is 62.5 Å². The zero-order valence-electron chi connectivity index (χ0n) is 11.7. The highest BCUT2D eigenvalue weighted by Gasteiger charge is 2.12. The van der Waals surface area contributed by atoms with Gasteiger partial charge in [0, 0.05) is 29.7 Å². The standard InChI is InChI=1S/C16H19NO3S/c18-9-6-14(15-2-1-11-21-15)5-8-17-16(19)4-3-13-7-10-20-12-13/h1-4,7,10-12,14,18H,5-6,8-9H2,(H,17,19)/b4-3+. The SMILES string of the molecule is O=C(/C=C/c1ccoc1)NCCC(CCO)c1cccs1. The molecular formula is C16H19NO3S. The smallest absolute Gasteiger partial charge is 0.244 e. The Hall–Kier alpha value is -1.85. The number of carbonyl (C=O) groups excluding carboxylic acids is 1. The van der Waals surface area contributed by atoms with Gasteiger partial charge in [0.2, 0.25) is 5.91 Å². The largest absolute Gasteiger partial charge is 0.472 e. The van der Waals surface area contributed by atoms with Crippen molar-refractivity contribution in [2.45, 2.75) is 18.8 Å². The fraction of sp³-hybridized carbons (Fsp3) is 0.312. The van der Waals surface area contributed by atoms with E-state index in [-0.39, 0.29) is 12.5 Å². The maximum atomic E-state index is 11.7. The minimum atomic E-state index is -0.120. The highest BCUT2D eigenvalue weighted by molar-refractivity contribution is 7.10. The van der Waals surface area contributed by atoms with Gasteiger partial charge >= 0.3 is 0 Å². The summed E-state index contributed by atoms with van der Waals surface area (Å²) in [7, 11) is 0. The van der Waals surface area contributed by atoms with Crippen LogP contribution < -0.4 is 5.32 Å². The first kappa shape index (κ1) is 15.5. The van der Waals surface area contributed by atoms with Gasteiger partial charge in [-0.3, -0.25) is 4.79 Å². The minimum Gasteiger partial charge on any atom is -0.472 e. The fourth-order valence-corrected chi connectivity index (χ4v) is 2.98. The van der Waals surface area contributed by atoms with Gasteiger partial charge in [-0.15, -0.1) is 11.3 Å². The predicted octanol–water partition coefficient (Wildman–Crippen LogP) is 3.03. The molecule has 2 aromatic heterocycles. The van der Waals surface area contributed by atoms with E-state index in [9.17, 15) is 4.79 Å². The van der Waals surface area contributed by atoms with Crippen LogP contribution in [0.1, 0.15) is 29.2 Å². The van der Waals surface area contributed by atoms with Crippen molar-refractivity contribution >= 4 is 23.3 Å². The number of thiophene rings is 1. The van der Waals surface area contributed by atoms with Crippen molar-refractivity contribution in [2.75, 3.05) is 13.2 Å². The normalized spacial score (nSPS) is 12.6. The molecule has 0 saturated heterocycles. The third-order valence-corrected chi connectivity index (χ3v) is 4.22. The summed E-state index contributed by atoms with van der Waals surface area (Å²) in [6.07, 6.45) is 7.91. The van der Waals surface area contributed by atoms with Crippen molar-refractivity contribution < 1.29 is 14.3 Å². The average Bonchev–Trinajstić information content (AvgIpc) is 3.17. The molecule has 2 rings (SSSR count). The number of aliphatic hydroxyl groups excluding tert-OH is 1. The molecule has 2 aromatic rings. The van der Waals surface area contributed by atoms with Gasteiger partial charge in [0.05, 0.1) is 12.5 Å². The van der Waals surface area contributed by atoms with Gasteiger partial charge in [0.15, 0.2) is 0 Å². The fourth-order valence-electron chi connectivity index (χ4n) is 2.08. The number of amides is 1. The lowest BCUT2D eigenvalue weighted by Gasteiger charge is -2.14. The van der Waals surface area contributed by atoms with Gasteiger partial charge in [-0.2, -0.15) is 0 Å². The van der Waals surface area contributed by atoms with Gasteiger partial charge in [-0.25, -0.2) is 0 Å². The van der Waals surface area contributed by atoms with E-state index in [2.05, 4.69) is 11.4 Å². The number of nitrogens with one attached hydrogen (secondary N) is 1. The van der Waals surface area contributed by atoms with Crippen molar-refractivity contribution in [3.8, 4) is 0 Å². The molecule has 0 aromatic carbocycles. The quantitative estimate of drug-likeness (QED) is 0.737. The Morgan fingerprint density at radius 1 is 1.43 bits per heavy atom. The van der Waals surface area contributed by atoms with E-state index in [1.807, 2.05) is 11.4 Å². The van der Waals surface area contributed by atoms with Crippen LogP contribution in [-0.2, 0) is 4.79 Å². The van der Waals surface area contributed by atoms with E-state index in [1.54, 1.807) is 36.0 Å². The van der Waals surface area contributed by atoms with E-state index in [1.165, 1.54) is 11.0 Å². The molecular weight excluding hydrogens is 286 g/mol. The number of rotatable bonds is 8. The summed E-state index contributed by atoms with van der Waals surface area (Å²) in [5, 5.41) is 14.0. The van der Waals surface area contributed by atoms with Crippen molar-refractivity contribution in [3.63, 3.8) is 0 Å². The Morgan fingerprint density at radius 2 is 2.33 bits per heavy atom. The van der Waals surface area contributed by atoms with Crippen LogP contribution in [0.2, 0.25) is 0 Å². The van der Waals surface area contributed by atoms with Crippen LogP contribution in [0.15, 0.2) is 46.6 Å². The third-order valence-electron chi connectivity index (χ3n) is 3.19. The van der Waals surface area contributed by atoms with E-state index in [4.69, 9.17) is 9.52 Å². The molecule has 21 heavy (non-hydrogen) atoms. The van der Waals surface area contributed by atoms with Crippen molar-refractivity contribution in [1.29, 1.82) is 0 Å². The molecule has 1 atom stereocenters. The second-order valence-electron chi connectivity index (χ2n) is 4.69. The Morgan fingerprint density at radius 3 is 3.00 bits per heavy atom. The summed E-state index contributed by atoms with van der Waals surface area (Å²) in [4.78, 5) is 12.9. The van der Waals surface area contributed by atoms with Crippen LogP contribution in [-0.4, -0.2) is 24.2 Å². The van der Waals surface area contributed by atoms with Crippen LogP contribution in [0.5, 0.6) is 0 Å². The lowest BCUT2D eigenvalue weighted by atomic mass is 10.00. The number of furan rings is 1. The minimum absolute atomic E-state index is 0.120. The molecule has 5 heteroatoms. The van der Waals surface area contributed by atoms with Crippen LogP contribution in [0, 0.1) is 0 Å². The van der Waals surface area contributed by atoms with Gasteiger partial charge in [-0.05, 0) is 42.3 Å². The molecule has 0 aliphatic rings. The number of hydrogen-bond donors (Lipinski definition) is 2. The molecule has 0 radical (unpaired) electrons. The maximum Gasteiger partial charge on any atom is 0.244 e. The average molecular weight is 305 g/mol. The van der Waals surface area contributed by atoms with Gasteiger partial charge in [-0.1, -0.05) is 6.07 Å². The molecule has 0 aliphatic carbocycles. The van der Waals surface area contributed by atoms with Crippen molar-refractivity contribution in [1.82, 2.24) is 5.32 Å². The first-order chi connectivity index (χ1) is 10.3. The second kappa shape index (κ2) is 8.44. The van der Waals surface area contributed by atoms with E-state index in [0.717, 1.165) is 18.4 Å². The molecule has 112 valence electrons. The summed E-state index contributed by atoms with van der Waals surface area (Å²) < 4.78 is 4.92. The summed E-state index contributed by atoms with van der Waals surface area (Å²) in [6, 6.07) is 5.88. The Labute approximate surface area is 128 Å². The summed E-state index contributed by atoms with van der Waals surface area (Å²) >= 11 is 1.69. The molecule has 1 unspecified atom stereocenters. The number of hydrogen-bond acceptors (Lipinski definition) is 4. The molecule has 0 bridgehead atoms. The molecule has 2 N–H and O–H groups in total. The van der Waals surface area contributed by atoms with Crippen LogP contribution >= 0.6 is 11.3 Å². The Kier molecular flexibility index (Phi) is 6.24. The van der Waals surface area contributed by atoms with E-state index < -0.39 is 0 Å². The van der Waals surface area contributed by atoms with Crippen LogP contribution in [0.4, 0.5) is 0 Å². The first-order valence-electron chi connectivity index (χ1n) is 6.92. The zero-order valence-corrected chi connectivity index (χ0v) is 12.5. The molecule has 0 saturated carbocycles. The van der Waals surface area contributed by atoms with Gasteiger partial charge in [0.1, 0.15) is 0 Å². The molecule has 4 nitrogen and oxygen atoms in total. The number of aliphatic hydroxyl groups is 1. The zero-order chi connectivity index (χ0) is 14.9. The summed E-state index contributed by atoms with van der Waals surface area (Å²) in [6.45, 7) is 0.758. The van der Waals surface area contributed by atoms with Crippen molar-refractivity contribution in [2.24, 2.45) is 0 Å². The Balaban J connectivity index is 1.75. The lowest BCUT2D eigenvalue weighted by Crippen LogP contribution is -2.23. The monoisotopic (exact) mass is 305 g/mol. The van der Waals surface area contributed by atoms with Crippen LogP contribution in [0.3, 0.4) is 0 Å². The first-order valence-corrected chi connectivity index (χ1v) is 7.80. The summed E-state index contributed by atoms with van der Waals surface area (Å²) in [5.41, 5.74) is 0.863. The highest BCUT2D eigenvalue weighted by Crippen LogP contribution is 2.26. The maximum absolute atomic E-state index is 11.7. The van der Waals surface area contributed by atoms with Gasteiger partial charge in [0.25, 0.3) is 0 Å². The molecule has 0 aliphatic heterocycles. The third kappa shape index (κ3) is 5.21. The van der Waals surface area contributed by atoms with E-state index in [0.29, 0.717) is 12.5 Å². The van der Waals surface area contributed by atoms with Crippen LogP contribution in [0.25, 0.3) is 6.08 Å². The predicted molar refractivity (Wildman–Crippen MR) is 84.1 cm³/mol. The number of carbonyl (C=O) groups is 1. The highest BCUT2D eigenvalue weighted by atomic mass is 32.1. The molecule has 0 spiro atoms. The van der Waals surface area contributed by atoms with Gasteiger partial charge < -0.3 is 14.8 Å². The molecule has 0 fully saturated rings. The Bertz CT molecular complexity index is 546.